The minimum absolute atomic E-state index is 0.425. The average Bonchev–Trinajstić information content (AvgIpc) is 2.14. The highest BCUT2D eigenvalue weighted by Crippen LogP contribution is 1.89. The van der Waals surface area contributed by atoms with Gasteiger partial charge in [-0.15, -0.1) is 0 Å². The molecule has 0 fully saturated rings. The monoisotopic (exact) mass is 216 g/mol. The predicted molar refractivity (Wildman–Crippen MR) is 50.4 cm³/mol. The van der Waals surface area contributed by atoms with Gasteiger partial charge in [-0.2, -0.15) is 0 Å². The van der Waals surface area contributed by atoms with Gasteiger partial charge in [0.1, 0.15) is 6.29 Å². The van der Waals surface area contributed by atoms with Crippen LogP contribution in [0.25, 0.3) is 0 Å². The maximum atomic E-state index is 10.2. The highest BCUT2D eigenvalue weighted by atomic mass is 16.4. The highest BCUT2D eigenvalue weighted by molar-refractivity contribution is 6.32. The molecule has 6 nitrogen and oxygen atoms in total. The second-order valence-corrected chi connectivity index (χ2v) is 2.59. The summed E-state index contributed by atoms with van der Waals surface area (Å²) in [6, 6.07) is 0. The third-order valence-electron chi connectivity index (χ3n) is 1.01. The Morgan fingerprint density at radius 2 is 1.60 bits per heavy atom. The minimum Gasteiger partial charge on any atom is -0.481 e. The molecule has 2 N–H and O–H groups in total. The van der Waals surface area contributed by atoms with Crippen molar-refractivity contribution in [3.8, 4) is 0 Å². The van der Waals surface area contributed by atoms with E-state index in [0.29, 0.717) is 5.57 Å². The first kappa shape index (κ1) is 15.5. The molecule has 0 aliphatic carbocycles. The fourth-order valence-electron chi connectivity index (χ4n) is 0.327. The zero-order valence-corrected chi connectivity index (χ0v) is 8.23. The van der Waals surface area contributed by atoms with Gasteiger partial charge < -0.3 is 10.2 Å². The predicted octanol–water partition coefficient (Wildman–Crippen LogP) is 0.266. The van der Waals surface area contributed by atoms with Gasteiger partial charge in [0, 0.05) is 6.42 Å². The van der Waals surface area contributed by atoms with Crippen molar-refractivity contribution < 1.29 is 29.4 Å². The van der Waals surface area contributed by atoms with E-state index in [1.54, 1.807) is 6.92 Å². The second kappa shape index (κ2) is 8.61. The maximum absolute atomic E-state index is 10.2. The molecule has 0 heterocycles. The molecule has 0 aromatic heterocycles. The van der Waals surface area contributed by atoms with Crippen LogP contribution in [0, 0.1) is 0 Å². The summed E-state index contributed by atoms with van der Waals surface area (Å²) in [6.45, 7) is 4.97. The summed E-state index contributed by atoms with van der Waals surface area (Å²) in [6.07, 6.45) is -0.143. The minimum atomic E-state index is -1.58. The number of aldehydes is 1. The lowest BCUT2D eigenvalue weighted by atomic mass is 10.2. The van der Waals surface area contributed by atoms with Crippen LogP contribution in [-0.2, 0) is 19.2 Å². The average molecular weight is 216 g/mol. The van der Waals surface area contributed by atoms with E-state index in [4.69, 9.17) is 10.2 Å². The van der Waals surface area contributed by atoms with E-state index in [1.165, 1.54) is 0 Å². The van der Waals surface area contributed by atoms with Gasteiger partial charge in [0.25, 0.3) is 0 Å². The Hall–Kier alpha value is -1.98. The van der Waals surface area contributed by atoms with Crippen LogP contribution in [0.1, 0.15) is 19.8 Å². The third-order valence-corrected chi connectivity index (χ3v) is 1.01. The fourth-order valence-corrected chi connectivity index (χ4v) is 0.327. The summed E-state index contributed by atoms with van der Waals surface area (Å²) < 4.78 is 0. The molecule has 0 aromatic rings. The van der Waals surface area contributed by atoms with Gasteiger partial charge in [-0.05, 0) is 12.5 Å². The molecule has 0 radical (unpaired) electrons. The lowest BCUT2D eigenvalue weighted by molar-refractivity contribution is -0.149. The smallest absolute Gasteiger partial charge is 0.372 e. The fraction of sp³-hybridized carbons (Fsp3) is 0.333. The molecule has 0 saturated carbocycles. The second-order valence-electron chi connectivity index (χ2n) is 2.59. The zero-order chi connectivity index (χ0) is 12.4. The Balaban J connectivity index is 0. The molecule has 0 aromatic carbocycles. The number of carboxylic acids is 2. The van der Waals surface area contributed by atoms with Crippen molar-refractivity contribution in [2.75, 3.05) is 0 Å². The van der Waals surface area contributed by atoms with Gasteiger partial charge in [0.05, 0.1) is 6.42 Å². The van der Waals surface area contributed by atoms with Gasteiger partial charge in [-0.3, -0.25) is 14.4 Å². The largest absolute Gasteiger partial charge is 0.481 e. The topological polar surface area (TPSA) is 109 Å². The van der Waals surface area contributed by atoms with Crippen LogP contribution in [0.2, 0.25) is 0 Å². The number of allylic oxidation sites excluding steroid dienone is 1. The molecule has 0 atom stereocenters. The molecule has 0 spiro atoms. The maximum Gasteiger partial charge on any atom is 0.372 e. The van der Waals surface area contributed by atoms with Crippen molar-refractivity contribution in [2.24, 2.45) is 0 Å². The van der Waals surface area contributed by atoms with Crippen LogP contribution in [0.5, 0.6) is 0 Å². The van der Waals surface area contributed by atoms with E-state index in [1.807, 2.05) is 0 Å². The van der Waals surface area contributed by atoms with Crippen LogP contribution in [-0.4, -0.2) is 34.2 Å². The highest BCUT2D eigenvalue weighted by Gasteiger charge is 2.12. The molecule has 0 bridgehead atoms. The van der Waals surface area contributed by atoms with Gasteiger partial charge >= 0.3 is 11.9 Å². The standard InChI is InChI=1S/C5H6O5.C4H6O/c6-3(5(9)10)1-2-4(7)8;1-4(2)3-5/h1-2H2,(H,7,8)(H,9,10);3H,1H2,2H3. The van der Waals surface area contributed by atoms with Crippen molar-refractivity contribution in [3.63, 3.8) is 0 Å². The van der Waals surface area contributed by atoms with Gasteiger partial charge in [0.15, 0.2) is 0 Å². The van der Waals surface area contributed by atoms with Crippen molar-refractivity contribution in [1.82, 2.24) is 0 Å². The number of carbonyl (C=O) groups excluding carboxylic acids is 2. The summed E-state index contributed by atoms with van der Waals surface area (Å²) >= 11 is 0. The number of hydrogen-bond donors (Lipinski definition) is 2. The summed E-state index contributed by atoms with van der Waals surface area (Å²) in [4.78, 5) is 39.1. The van der Waals surface area contributed by atoms with Gasteiger partial charge in [-0.25, -0.2) is 4.79 Å². The van der Waals surface area contributed by atoms with Gasteiger partial charge in [-0.1, -0.05) is 6.58 Å². The Kier molecular flexibility index (Phi) is 8.89. The first-order valence-electron chi connectivity index (χ1n) is 3.89. The molecular weight excluding hydrogens is 204 g/mol. The van der Waals surface area contributed by atoms with E-state index < -0.39 is 30.6 Å². The zero-order valence-electron chi connectivity index (χ0n) is 8.23. The Labute approximate surface area is 86.2 Å². The summed E-state index contributed by atoms with van der Waals surface area (Å²) in [5, 5.41) is 16.0. The summed E-state index contributed by atoms with van der Waals surface area (Å²) in [5.74, 6) is -3.82. The molecule has 6 heteroatoms. The first-order chi connectivity index (χ1) is 6.81. The number of aliphatic carboxylic acids is 2. The molecule has 84 valence electrons. The van der Waals surface area contributed by atoms with Gasteiger partial charge in [0.2, 0.25) is 5.78 Å². The van der Waals surface area contributed by atoms with Crippen molar-refractivity contribution >= 4 is 24.0 Å². The molecule has 0 saturated heterocycles. The Bertz CT molecular complexity index is 278. The van der Waals surface area contributed by atoms with Crippen LogP contribution in [0.3, 0.4) is 0 Å². The van der Waals surface area contributed by atoms with E-state index in [2.05, 4.69) is 6.58 Å². The van der Waals surface area contributed by atoms with Crippen LogP contribution in [0.4, 0.5) is 0 Å². The first-order valence-corrected chi connectivity index (χ1v) is 3.89. The molecule has 15 heavy (non-hydrogen) atoms. The molecule has 0 unspecified atom stereocenters. The number of carbonyl (C=O) groups is 4. The van der Waals surface area contributed by atoms with E-state index in [9.17, 15) is 19.2 Å². The van der Waals surface area contributed by atoms with E-state index >= 15 is 0 Å². The van der Waals surface area contributed by atoms with Crippen LogP contribution >= 0.6 is 0 Å². The Morgan fingerprint density at radius 1 is 1.20 bits per heavy atom. The molecule has 0 aliphatic rings. The van der Waals surface area contributed by atoms with E-state index in [-0.39, 0.29) is 0 Å². The number of hydrogen-bond acceptors (Lipinski definition) is 4. The molecule has 0 aliphatic heterocycles. The summed E-state index contributed by atoms with van der Waals surface area (Å²) in [7, 11) is 0. The molecular formula is C9H12O6. The normalized spacial score (nSPS) is 8.07. The molecule has 0 amide bonds. The number of rotatable bonds is 5. The Morgan fingerprint density at radius 3 is 1.80 bits per heavy atom. The number of ketones is 1. The van der Waals surface area contributed by atoms with E-state index in [0.717, 1.165) is 6.29 Å². The van der Waals surface area contributed by atoms with Crippen LogP contribution in [0.15, 0.2) is 12.2 Å². The van der Waals surface area contributed by atoms with Crippen molar-refractivity contribution in [3.05, 3.63) is 12.2 Å². The lowest BCUT2D eigenvalue weighted by Gasteiger charge is -1.88. The number of Topliss-reactive ketones (excluding diaryl/α,β-unsaturated/α-hetero) is 1. The van der Waals surface area contributed by atoms with Crippen molar-refractivity contribution in [1.29, 1.82) is 0 Å². The lowest BCUT2D eigenvalue weighted by Crippen LogP contribution is -2.13. The quantitative estimate of drug-likeness (QED) is 0.387. The SMILES string of the molecule is C=C(C)C=O.O=C(O)CCC(=O)C(=O)O. The third kappa shape index (κ3) is 14.8. The van der Waals surface area contributed by atoms with Crippen molar-refractivity contribution in [2.45, 2.75) is 19.8 Å². The summed E-state index contributed by atoms with van der Waals surface area (Å²) in [5.41, 5.74) is 0.574. The molecule has 0 rings (SSSR count). The number of carboxylic acid groups (broad SMARTS) is 2. The van der Waals surface area contributed by atoms with Crippen LogP contribution < -0.4 is 0 Å².